The molecule has 0 saturated heterocycles. The predicted octanol–water partition coefficient (Wildman–Crippen LogP) is -3.88. The summed E-state index contributed by atoms with van der Waals surface area (Å²) in [5.41, 5.74) is 15.6. The molecule has 0 aromatic heterocycles. The summed E-state index contributed by atoms with van der Waals surface area (Å²) < 4.78 is 4.86. The minimum absolute atomic E-state index is 0.0159. The van der Waals surface area contributed by atoms with Crippen LogP contribution in [0, 0.1) is 0 Å². The average molecular weight is 322 g/mol. The Morgan fingerprint density at radius 1 is 1.32 bits per heavy atom. The molecule has 0 aromatic carbocycles. The van der Waals surface area contributed by atoms with E-state index in [0.717, 1.165) is 0 Å². The van der Waals surface area contributed by atoms with Crippen molar-refractivity contribution in [2.75, 3.05) is 13.2 Å². The maximum atomic E-state index is 11.7. The van der Waals surface area contributed by atoms with E-state index >= 15 is 0 Å². The fourth-order valence-electron chi connectivity index (χ4n) is 1.36. The van der Waals surface area contributed by atoms with Crippen LogP contribution in [-0.2, 0) is 19.2 Å². The second kappa shape index (κ2) is 10.7. The first-order valence-corrected chi connectivity index (χ1v) is 6.41. The van der Waals surface area contributed by atoms with Crippen LogP contribution in [0.15, 0.2) is 5.16 Å². The zero-order valence-electron chi connectivity index (χ0n) is 11.9. The monoisotopic (exact) mass is 322 g/mol. The third-order valence-corrected chi connectivity index (χ3v) is 2.55. The summed E-state index contributed by atoms with van der Waals surface area (Å²) in [5, 5.41) is 30.9. The van der Waals surface area contributed by atoms with Crippen molar-refractivity contribution in [3.63, 3.8) is 0 Å². The number of aliphatic hydroxyl groups excluding tert-OH is 3. The topological polar surface area (TPSA) is 204 Å². The zero-order chi connectivity index (χ0) is 17.1. The predicted molar refractivity (Wildman–Crippen MR) is 74.0 cm³/mol. The Hall–Kier alpha value is -1.95. The maximum Gasteiger partial charge on any atom is 0.323 e. The standard InChI is InChI=1S/C11H22N4O7/c12-6(2-4-21-15-11(13)14)10(20)22-8(1-3-16)9(19)7(18)5-17/h3,6-9,17-19H,1-2,4-5,12H2,(H4,13,14,15)/t6-,7+,8+,9-/m0/s1. The molecule has 0 saturated carbocycles. The molecule has 0 aliphatic carbocycles. The fraction of sp³-hybridized carbons (Fsp3) is 0.727. The molecule has 0 aliphatic rings. The summed E-state index contributed by atoms with van der Waals surface area (Å²) in [7, 11) is 0. The Morgan fingerprint density at radius 3 is 2.45 bits per heavy atom. The van der Waals surface area contributed by atoms with Gasteiger partial charge in [0.1, 0.15) is 37.2 Å². The molecule has 0 spiro atoms. The van der Waals surface area contributed by atoms with Crippen LogP contribution < -0.4 is 17.2 Å². The van der Waals surface area contributed by atoms with E-state index in [2.05, 4.69) is 9.99 Å². The van der Waals surface area contributed by atoms with Crippen LogP contribution in [0.4, 0.5) is 0 Å². The third kappa shape index (κ3) is 7.73. The third-order valence-electron chi connectivity index (χ3n) is 2.55. The largest absolute Gasteiger partial charge is 0.458 e. The lowest BCUT2D eigenvalue weighted by molar-refractivity contribution is -0.164. The molecular weight excluding hydrogens is 300 g/mol. The molecule has 0 fully saturated rings. The number of hydrogen-bond donors (Lipinski definition) is 6. The van der Waals surface area contributed by atoms with Crippen LogP contribution in [0.25, 0.3) is 0 Å². The van der Waals surface area contributed by atoms with Crippen molar-refractivity contribution in [2.24, 2.45) is 22.4 Å². The van der Waals surface area contributed by atoms with Crippen molar-refractivity contribution >= 4 is 18.2 Å². The zero-order valence-corrected chi connectivity index (χ0v) is 11.9. The molecule has 22 heavy (non-hydrogen) atoms. The Bertz CT molecular complexity index is 375. The van der Waals surface area contributed by atoms with Crippen LogP contribution in [0.3, 0.4) is 0 Å². The van der Waals surface area contributed by atoms with Gasteiger partial charge in [0.05, 0.1) is 6.61 Å². The number of carbonyl (C=O) groups excluding carboxylic acids is 2. The van der Waals surface area contributed by atoms with E-state index in [1.165, 1.54) is 0 Å². The van der Waals surface area contributed by atoms with Crippen LogP contribution in [-0.4, -0.2) is 71.1 Å². The SMILES string of the molecule is NC(N)=NOCC[C@H](N)C(=O)O[C@H](CC=O)[C@@H](O)[C@H](O)CO. The van der Waals surface area contributed by atoms with Crippen molar-refractivity contribution in [1.29, 1.82) is 0 Å². The molecule has 0 heterocycles. The number of oxime groups is 1. The van der Waals surface area contributed by atoms with E-state index in [4.69, 9.17) is 27.0 Å². The highest BCUT2D eigenvalue weighted by molar-refractivity contribution is 5.76. The van der Waals surface area contributed by atoms with Gasteiger partial charge in [-0.3, -0.25) is 4.79 Å². The van der Waals surface area contributed by atoms with E-state index in [1.807, 2.05) is 0 Å². The Kier molecular flexibility index (Phi) is 9.78. The van der Waals surface area contributed by atoms with Gasteiger partial charge in [0.2, 0.25) is 5.96 Å². The number of aliphatic hydroxyl groups is 3. The van der Waals surface area contributed by atoms with Gasteiger partial charge in [-0.2, -0.15) is 0 Å². The number of nitrogens with two attached hydrogens (primary N) is 3. The molecule has 11 nitrogen and oxygen atoms in total. The lowest BCUT2D eigenvalue weighted by Crippen LogP contribution is -2.45. The fourth-order valence-corrected chi connectivity index (χ4v) is 1.36. The molecule has 128 valence electrons. The van der Waals surface area contributed by atoms with Gasteiger partial charge in [-0.1, -0.05) is 0 Å². The number of guanidine groups is 1. The molecule has 0 aliphatic heterocycles. The summed E-state index contributed by atoms with van der Waals surface area (Å²) in [6.07, 6.45) is -4.44. The second-order valence-corrected chi connectivity index (χ2v) is 4.36. The summed E-state index contributed by atoms with van der Waals surface area (Å²) >= 11 is 0. The minimum Gasteiger partial charge on any atom is -0.458 e. The molecule has 4 atom stereocenters. The van der Waals surface area contributed by atoms with Gasteiger partial charge >= 0.3 is 5.97 Å². The molecule has 0 rings (SSSR count). The minimum atomic E-state index is -1.62. The Labute approximate surface area is 126 Å². The van der Waals surface area contributed by atoms with Gasteiger partial charge in [-0.05, 0) is 5.16 Å². The summed E-state index contributed by atoms with van der Waals surface area (Å²) in [6, 6.07) is -1.11. The van der Waals surface area contributed by atoms with Gasteiger partial charge in [-0.25, -0.2) is 0 Å². The van der Waals surface area contributed by atoms with Crippen LogP contribution in [0.5, 0.6) is 0 Å². The number of nitrogens with zero attached hydrogens (tertiary/aromatic N) is 1. The number of carbonyl (C=O) groups is 2. The summed E-state index contributed by atoms with van der Waals surface area (Å²) in [5.74, 6) is -1.20. The molecule has 0 aromatic rings. The van der Waals surface area contributed by atoms with Crippen molar-refractivity contribution in [1.82, 2.24) is 0 Å². The number of aldehydes is 1. The first kappa shape index (κ1) is 20.1. The van der Waals surface area contributed by atoms with E-state index in [0.29, 0.717) is 6.29 Å². The summed E-state index contributed by atoms with van der Waals surface area (Å²) in [4.78, 5) is 26.9. The molecule has 11 heteroatoms. The average Bonchev–Trinajstić information content (AvgIpc) is 2.48. The lowest BCUT2D eigenvalue weighted by atomic mass is 10.1. The van der Waals surface area contributed by atoms with Crippen molar-refractivity contribution in [3.8, 4) is 0 Å². The molecule has 0 radical (unpaired) electrons. The number of ether oxygens (including phenoxy) is 1. The molecule has 0 unspecified atom stereocenters. The highest BCUT2D eigenvalue weighted by atomic mass is 16.6. The molecule has 0 bridgehead atoms. The normalized spacial score (nSPS) is 16.0. The highest BCUT2D eigenvalue weighted by Gasteiger charge is 2.30. The number of esters is 1. The van der Waals surface area contributed by atoms with Gasteiger partial charge in [0.25, 0.3) is 0 Å². The molecule has 9 N–H and O–H groups in total. The van der Waals surface area contributed by atoms with Crippen molar-refractivity contribution < 1.29 is 34.5 Å². The smallest absolute Gasteiger partial charge is 0.323 e. The van der Waals surface area contributed by atoms with E-state index in [9.17, 15) is 19.8 Å². The van der Waals surface area contributed by atoms with Crippen molar-refractivity contribution in [2.45, 2.75) is 37.2 Å². The molecule has 0 amide bonds. The van der Waals surface area contributed by atoms with Crippen LogP contribution in [0.2, 0.25) is 0 Å². The quantitative estimate of drug-likeness (QED) is 0.0545. The van der Waals surface area contributed by atoms with Gasteiger partial charge in [0.15, 0.2) is 0 Å². The van der Waals surface area contributed by atoms with E-state index in [1.54, 1.807) is 0 Å². The van der Waals surface area contributed by atoms with E-state index < -0.39 is 36.9 Å². The van der Waals surface area contributed by atoms with Crippen LogP contribution in [0.1, 0.15) is 12.8 Å². The van der Waals surface area contributed by atoms with Gasteiger partial charge in [0, 0.05) is 12.8 Å². The number of rotatable bonds is 11. The number of hydrogen-bond acceptors (Lipinski definition) is 9. The first-order chi connectivity index (χ1) is 10.3. The van der Waals surface area contributed by atoms with Gasteiger partial charge in [-0.15, -0.1) is 0 Å². The lowest BCUT2D eigenvalue weighted by Gasteiger charge is -2.25. The highest BCUT2D eigenvalue weighted by Crippen LogP contribution is 2.10. The summed E-state index contributed by atoms with van der Waals surface area (Å²) in [6.45, 7) is -0.819. The maximum absolute atomic E-state index is 11.7. The van der Waals surface area contributed by atoms with Crippen LogP contribution >= 0.6 is 0 Å². The second-order valence-electron chi connectivity index (χ2n) is 4.36. The first-order valence-electron chi connectivity index (χ1n) is 6.41. The van der Waals surface area contributed by atoms with Gasteiger partial charge < -0.3 is 46.9 Å². The Balaban J connectivity index is 4.42. The Morgan fingerprint density at radius 2 is 1.95 bits per heavy atom. The van der Waals surface area contributed by atoms with Crippen molar-refractivity contribution in [3.05, 3.63) is 0 Å². The molecular formula is C11H22N4O7. The van der Waals surface area contributed by atoms with E-state index in [-0.39, 0.29) is 25.4 Å².